The van der Waals surface area contributed by atoms with Crippen LogP contribution in [0.3, 0.4) is 0 Å². The second-order valence-corrected chi connectivity index (χ2v) is 9.11. The molecule has 2 aromatic carbocycles. The fourth-order valence-electron chi connectivity index (χ4n) is 3.69. The molecule has 0 bridgehead atoms. The highest BCUT2D eigenvalue weighted by molar-refractivity contribution is 8.15. The molecule has 2 saturated heterocycles. The Bertz CT molecular complexity index is 1140. The molecule has 0 aromatic heterocycles. The summed E-state index contributed by atoms with van der Waals surface area (Å²) in [5, 5.41) is 7.41. The average Bonchev–Trinajstić information content (AvgIpc) is 3.24. The molecular formula is C23H21FN2O7S. The van der Waals surface area contributed by atoms with Gasteiger partial charge in [-0.2, -0.15) is 0 Å². The molecule has 1 N–H and O–H groups in total. The van der Waals surface area contributed by atoms with Crippen molar-refractivity contribution < 1.29 is 38.1 Å². The molecule has 0 saturated carbocycles. The van der Waals surface area contributed by atoms with Crippen LogP contribution >= 0.6 is 11.8 Å². The van der Waals surface area contributed by atoms with E-state index in [1.165, 1.54) is 12.1 Å². The van der Waals surface area contributed by atoms with E-state index in [1.807, 2.05) is 12.1 Å². The van der Waals surface area contributed by atoms with Gasteiger partial charge in [0.25, 0.3) is 5.24 Å². The lowest BCUT2D eigenvalue weighted by Crippen LogP contribution is -2.36. The number of rotatable bonds is 8. The number of benzene rings is 2. The van der Waals surface area contributed by atoms with Crippen LogP contribution in [0.1, 0.15) is 11.1 Å². The number of carboxylic acids is 1. The second kappa shape index (κ2) is 9.72. The molecule has 34 heavy (non-hydrogen) atoms. The number of carboxylic acid groups (broad SMARTS) is 1. The zero-order valence-corrected chi connectivity index (χ0v) is 18.9. The molecule has 3 amide bonds. The minimum atomic E-state index is -1.28. The van der Waals surface area contributed by atoms with Crippen LogP contribution in [-0.4, -0.2) is 69.6 Å². The Kier molecular flexibility index (Phi) is 6.73. The summed E-state index contributed by atoms with van der Waals surface area (Å²) in [6, 6.07) is 11.3. The first-order chi connectivity index (χ1) is 16.2. The summed E-state index contributed by atoms with van der Waals surface area (Å²) in [7, 11) is 1.69. The monoisotopic (exact) mass is 488 g/mol. The molecule has 2 aliphatic heterocycles. The van der Waals surface area contributed by atoms with Crippen LogP contribution < -0.4 is 4.74 Å². The molecule has 9 nitrogen and oxygen atoms in total. The van der Waals surface area contributed by atoms with Crippen molar-refractivity contribution in [1.82, 2.24) is 9.80 Å². The molecule has 178 valence electrons. The summed E-state index contributed by atoms with van der Waals surface area (Å²) in [5.41, 5.74) is 1.46. The van der Waals surface area contributed by atoms with Crippen LogP contribution in [0.2, 0.25) is 0 Å². The molecule has 2 aliphatic rings. The van der Waals surface area contributed by atoms with Crippen LogP contribution in [0.25, 0.3) is 0 Å². The first-order valence-electron chi connectivity index (χ1n) is 10.4. The highest BCUT2D eigenvalue weighted by atomic mass is 32.2. The molecule has 0 radical (unpaired) electrons. The van der Waals surface area contributed by atoms with Gasteiger partial charge in [0.2, 0.25) is 5.91 Å². The van der Waals surface area contributed by atoms with Crippen molar-refractivity contribution in [1.29, 1.82) is 0 Å². The van der Waals surface area contributed by atoms with Gasteiger partial charge in [0.1, 0.15) is 18.9 Å². The molecule has 11 heteroatoms. The predicted molar refractivity (Wildman–Crippen MR) is 119 cm³/mol. The molecule has 2 unspecified atom stereocenters. The minimum Gasteiger partial charge on any atom is -0.480 e. The first kappa shape index (κ1) is 23.6. The van der Waals surface area contributed by atoms with Crippen LogP contribution in [0.5, 0.6) is 11.5 Å². The average molecular weight is 488 g/mol. The van der Waals surface area contributed by atoms with Crippen LogP contribution in [0, 0.1) is 5.82 Å². The molecular weight excluding hydrogens is 467 g/mol. The maximum atomic E-state index is 14.6. The van der Waals surface area contributed by atoms with Crippen molar-refractivity contribution in [3.8, 4) is 11.5 Å². The van der Waals surface area contributed by atoms with Gasteiger partial charge in [0.05, 0.1) is 11.3 Å². The van der Waals surface area contributed by atoms with E-state index >= 15 is 0 Å². The third-order valence-corrected chi connectivity index (χ3v) is 6.65. The van der Waals surface area contributed by atoms with Gasteiger partial charge in [-0.05, 0) is 48.2 Å². The lowest BCUT2D eigenvalue weighted by molar-refractivity contribution is -0.141. The third kappa shape index (κ3) is 5.14. The summed E-state index contributed by atoms with van der Waals surface area (Å²) < 4.78 is 25.3. The van der Waals surface area contributed by atoms with E-state index in [0.29, 0.717) is 29.2 Å². The largest absolute Gasteiger partial charge is 0.480 e. The maximum absolute atomic E-state index is 14.6. The first-order valence-corrected chi connectivity index (χ1v) is 11.3. The van der Waals surface area contributed by atoms with Gasteiger partial charge in [-0.1, -0.05) is 30.0 Å². The fourth-order valence-corrected chi connectivity index (χ4v) is 4.72. The van der Waals surface area contributed by atoms with Crippen LogP contribution in [0.4, 0.5) is 14.0 Å². The third-order valence-electron chi connectivity index (χ3n) is 5.57. The lowest BCUT2D eigenvalue weighted by Gasteiger charge is -2.16. The Morgan fingerprint density at radius 1 is 1.15 bits per heavy atom. The molecule has 2 heterocycles. The smallest absolute Gasteiger partial charge is 0.409 e. The number of ether oxygens (including phenoxy) is 2. The Hall–Kier alpha value is -3.60. The highest BCUT2D eigenvalue weighted by Crippen LogP contribution is 2.31. The Morgan fingerprint density at radius 2 is 1.85 bits per heavy atom. The molecule has 2 fully saturated rings. The second-order valence-electron chi connectivity index (χ2n) is 7.95. The number of imide groups is 1. The van der Waals surface area contributed by atoms with Gasteiger partial charge < -0.3 is 19.5 Å². The van der Waals surface area contributed by atoms with Crippen molar-refractivity contribution in [2.45, 2.75) is 24.1 Å². The van der Waals surface area contributed by atoms with E-state index in [4.69, 9.17) is 14.6 Å². The maximum Gasteiger partial charge on any atom is 0.409 e. The van der Waals surface area contributed by atoms with Crippen molar-refractivity contribution in [2.75, 3.05) is 20.2 Å². The molecule has 0 aliphatic carbocycles. The van der Waals surface area contributed by atoms with Crippen molar-refractivity contribution in [2.24, 2.45) is 0 Å². The molecule has 2 atom stereocenters. The topological polar surface area (TPSA) is 113 Å². The number of thioether (sulfide) groups is 1. The zero-order valence-electron chi connectivity index (χ0n) is 18.1. The number of amides is 3. The Balaban J connectivity index is 1.36. The van der Waals surface area contributed by atoms with E-state index in [0.717, 1.165) is 17.3 Å². The Morgan fingerprint density at radius 3 is 2.47 bits per heavy atom. The van der Waals surface area contributed by atoms with Crippen molar-refractivity contribution in [3.63, 3.8) is 0 Å². The van der Waals surface area contributed by atoms with E-state index in [9.17, 15) is 23.6 Å². The van der Waals surface area contributed by atoms with Gasteiger partial charge >= 0.3 is 12.1 Å². The summed E-state index contributed by atoms with van der Waals surface area (Å²) >= 11 is 0.735. The Labute approximate surface area is 198 Å². The number of aliphatic carboxylic acids is 1. The normalized spacial score (nSPS) is 20.1. The number of carbonyl (C=O) groups is 4. The van der Waals surface area contributed by atoms with E-state index in [1.54, 1.807) is 30.1 Å². The summed E-state index contributed by atoms with van der Waals surface area (Å²) in [6.45, 7) is -0.355. The summed E-state index contributed by atoms with van der Waals surface area (Å²) in [6.07, 6.45) is 0.360. The summed E-state index contributed by atoms with van der Waals surface area (Å²) in [5.74, 6) is -2.08. The number of hydrogen-bond donors (Lipinski definition) is 1. The van der Waals surface area contributed by atoms with Gasteiger partial charge in [0.15, 0.2) is 11.6 Å². The molecule has 0 spiro atoms. The van der Waals surface area contributed by atoms with E-state index < -0.39 is 34.7 Å². The van der Waals surface area contributed by atoms with Crippen LogP contribution in [0.15, 0.2) is 42.5 Å². The lowest BCUT2D eigenvalue weighted by atomic mass is 10.1. The van der Waals surface area contributed by atoms with Gasteiger partial charge in [0, 0.05) is 7.05 Å². The summed E-state index contributed by atoms with van der Waals surface area (Å²) in [4.78, 5) is 48.7. The number of cyclic esters (lactones) is 1. The molecule has 2 aromatic rings. The van der Waals surface area contributed by atoms with E-state index in [2.05, 4.69) is 0 Å². The number of hydrogen-bond acceptors (Lipinski definition) is 7. The number of nitrogens with zero attached hydrogens (tertiary/aromatic N) is 2. The SMILES string of the molecule is CN1C(=O)OCC1Cc1ccc(Oc2ccc(CC3SC(=O)N(CC(=O)O)C3=O)cc2F)cc1. The number of halogens is 1. The fraction of sp³-hybridized carbons (Fsp3) is 0.304. The van der Waals surface area contributed by atoms with Gasteiger partial charge in [-0.15, -0.1) is 0 Å². The van der Waals surface area contributed by atoms with E-state index in [-0.39, 0.29) is 24.3 Å². The minimum absolute atomic E-state index is 0.00000425. The van der Waals surface area contributed by atoms with Crippen molar-refractivity contribution in [3.05, 3.63) is 59.4 Å². The van der Waals surface area contributed by atoms with Gasteiger partial charge in [-0.3, -0.25) is 19.3 Å². The predicted octanol–water partition coefficient (Wildman–Crippen LogP) is 3.30. The van der Waals surface area contributed by atoms with Crippen molar-refractivity contribution >= 4 is 35.0 Å². The quantitative estimate of drug-likeness (QED) is 0.602. The molecule has 4 rings (SSSR count). The zero-order chi connectivity index (χ0) is 24.4. The highest BCUT2D eigenvalue weighted by Gasteiger charge is 2.40. The number of carbonyl (C=O) groups excluding carboxylic acids is 3. The number of likely N-dealkylation sites (N-methyl/N-ethyl adjacent to an activating group) is 1. The van der Waals surface area contributed by atoms with Crippen LogP contribution in [-0.2, 0) is 27.2 Å². The van der Waals surface area contributed by atoms with Gasteiger partial charge in [-0.25, -0.2) is 9.18 Å². The standard InChI is InChI=1S/C23H21FN2O7S/c1-25-15(12-32-22(25)30)8-13-2-5-16(6-3-13)33-18-7-4-14(9-17(18)24)10-19-21(29)26(11-20(27)28)23(31)34-19/h2-7,9,15,19H,8,10-12H2,1H3,(H,27,28).